The van der Waals surface area contributed by atoms with E-state index in [4.69, 9.17) is 27.9 Å². The van der Waals surface area contributed by atoms with Crippen molar-refractivity contribution in [2.75, 3.05) is 31.2 Å². The molecule has 0 saturated carbocycles. The van der Waals surface area contributed by atoms with Gasteiger partial charge in [0.15, 0.2) is 4.84 Å². The molecule has 1 aliphatic heterocycles. The van der Waals surface area contributed by atoms with Gasteiger partial charge in [0.2, 0.25) is 0 Å². The first-order chi connectivity index (χ1) is 15.4. The predicted octanol–water partition coefficient (Wildman–Crippen LogP) is 4.19. The first kappa shape index (κ1) is 24.2. The zero-order chi connectivity index (χ0) is 23.1. The van der Waals surface area contributed by atoms with Gasteiger partial charge in [-0.3, -0.25) is 14.1 Å². The van der Waals surface area contributed by atoms with E-state index in [1.54, 1.807) is 12.1 Å². The number of carbonyl (C=O) groups is 2. The molecule has 2 amide bonds. The Morgan fingerprint density at radius 3 is 2.62 bits per heavy atom. The number of halogens is 4. The summed E-state index contributed by atoms with van der Waals surface area (Å²) in [6, 6.07) is 11.9. The molecule has 1 saturated heterocycles. The second kappa shape index (κ2) is 11.4. The Morgan fingerprint density at radius 1 is 1.22 bits per heavy atom. The molecule has 0 radical (unpaired) electrons. The smallest absolute Gasteiger partial charge is 0.414 e. The standard InChI is InChI=1S/C22H23Cl2F2N3O3/c23-20(24)21(30)28-12-17-13-29(22(31)32-17)16-6-7-18(19(26)10-16)15-4-2-14(3-5-15)11-27-9-1-8-25/h2-7,10,17,20,27H,1,8-9,11-13H2,(H,28,30)/t17-/m0/s1. The van der Waals surface area contributed by atoms with Crippen LogP contribution in [0.1, 0.15) is 12.0 Å². The van der Waals surface area contributed by atoms with Gasteiger partial charge < -0.3 is 15.4 Å². The van der Waals surface area contributed by atoms with Crippen molar-refractivity contribution >= 4 is 40.9 Å². The minimum absolute atomic E-state index is 0.0482. The van der Waals surface area contributed by atoms with Crippen LogP contribution in [0.5, 0.6) is 0 Å². The van der Waals surface area contributed by atoms with Gasteiger partial charge in [-0.25, -0.2) is 9.18 Å². The topological polar surface area (TPSA) is 70.7 Å². The van der Waals surface area contributed by atoms with E-state index in [9.17, 15) is 18.4 Å². The molecule has 0 aliphatic carbocycles. The van der Waals surface area contributed by atoms with Crippen LogP contribution >= 0.6 is 23.2 Å². The molecule has 2 aromatic rings. The van der Waals surface area contributed by atoms with Gasteiger partial charge in [0.05, 0.1) is 25.5 Å². The summed E-state index contributed by atoms with van der Waals surface area (Å²) in [6.07, 6.45) is -0.765. The first-order valence-corrected chi connectivity index (χ1v) is 11.0. The summed E-state index contributed by atoms with van der Waals surface area (Å²) in [7, 11) is 0. The van der Waals surface area contributed by atoms with Gasteiger partial charge >= 0.3 is 6.09 Å². The van der Waals surface area contributed by atoms with Gasteiger partial charge in [0.1, 0.15) is 11.9 Å². The third-order valence-electron chi connectivity index (χ3n) is 4.92. The van der Waals surface area contributed by atoms with E-state index in [0.29, 0.717) is 36.3 Å². The van der Waals surface area contributed by atoms with E-state index < -0.39 is 28.8 Å². The number of amides is 2. The fourth-order valence-electron chi connectivity index (χ4n) is 3.26. The highest BCUT2D eigenvalue weighted by molar-refractivity contribution is 6.53. The fraction of sp³-hybridized carbons (Fsp3) is 0.364. The predicted molar refractivity (Wildman–Crippen MR) is 120 cm³/mol. The molecule has 172 valence electrons. The van der Waals surface area contributed by atoms with E-state index in [1.165, 1.54) is 11.0 Å². The van der Waals surface area contributed by atoms with Crippen molar-refractivity contribution < 1.29 is 23.1 Å². The van der Waals surface area contributed by atoms with Crippen LogP contribution in [0.15, 0.2) is 42.5 Å². The number of hydrogen-bond donors (Lipinski definition) is 2. The van der Waals surface area contributed by atoms with Gasteiger partial charge in [-0.15, -0.1) is 0 Å². The van der Waals surface area contributed by atoms with E-state index in [-0.39, 0.29) is 19.8 Å². The van der Waals surface area contributed by atoms with Crippen molar-refractivity contribution in [1.82, 2.24) is 10.6 Å². The van der Waals surface area contributed by atoms with Gasteiger partial charge in [0, 0.05) is 12.1 Å². The number of alkyl halides is 3. The second-order valence-corrected chi connectivity index (χ2v) is 8.34. The second-order valence-electron chi connectivity index (χ2n) is 7.24. The summed E-state index contributed by atoms with van der Waals surface area (Å²) in [5.41, 5.74) is 2.46. The highest BCUT2D eigenvalue weighted by Crippen LogP contribution is 2.29. The molecule has 32 heavy (non-hydrogen) atoms. The molecule has 0 spiro atoms. The Bertz CT molecular complexity index is 945. The summed E-state index contributed by atoms with van der Waals surface area (Å²) in [5.74, 6) is -1.06. The molecule has 0 aromatic heterocycles. The van der Waals surface area contributed by atoms with Crippen LogP contribution in [0.3, 0.4) is 0 Å². The summed E-state index contributed by atoms with van der Waals surface area (Å²) in [6.45, 7) is 1.05. The average molecular weight is 486 g/mol. The maximum absolute atomic E-state index is 14.8. The monoisotopic (exact) mass is 485 g/mol. The van der Waals surface area contributed by atoms with Crippen molar-refractivity contribution in [2.45, 2.75) is 23.9 Å². The number of carbonyl (C=O) groups excluding carboxylic acids is 2. The van der Waals surface area contributed by atoms with Crippen LogP contribution in [0.2, 0.25) is 0 Å². The summed E-state index contributed by atoms with van der Waals surface area (Å²) >= 11 is 10.9. The third kappa shape index (κ3) is 6.31. The molecule has 2 N–H and O–H groups in total. The van der Waals surface area contributed by atoms with Crippen molar-refractivity contribution in [1.29, 1.82) is 0 Å². The van der Waals surface area contributed by atoms with Crippen LogP contribution < -0.4 is 15.5 Å². The first-order valence-electron chi connectivity index (χ1n) is 10.1. The van der Waals surface area contributed by atoms with Crippen molar-refractivity contribution in [3.63, 3.8) is 0 Å². The van der Waals surface area contributed by atoms with Crippen molar-refractivity contribution in [2.24, 2.45) is 0 Å². The minimum atomic E-state index is -1.21. The van der Waals surface area contributed by atoms with Crippen molar-refractivity contribution in [3.05, 3.63) is 53.8 Å². The SMILES string of the molecule is O=C(NC[C@H]1CN(c2ccc(-c3ccc(CNCCCF)cc3)c(F)c2)C(=O)O1)C(Cl)Cl. The molecule has 0 unspecified atom stereocenters. The quantitative estimate of drug-likeness (QED) is 0.391. The molecule has 0 bridgehead atoms. The van der Waals surface area contributed by atoms with Crippen LogP contribution in [0, 0.1) is 5.82 Å². The zero-order valence-electron chi connectivity index (χ0n) is 17.1. The number of rotatable bonds is 10. The average Bonchev–Trinajstić information content (AvgIpc) is 3.16. The maximum Gasteiger partial charge on any atom is 0.414 e. The van der Waals surface area contributed by atoms with Gasteiger partial charge in [-0.05, 0) is 42.3 Å². The van der Waals surface area contributed by atoms with E-state index in [2.05, 4.69) is 10.6 Å². The normalized spacial score (nSPS) is 15.8. The van der Waals surface area contributed by atoms with E-state index in [0.717, 1.165) is 5.56 Å². The molecular formula is C22H23Cl2F2N3O3. The summed E-state index contributed by atoms with van der Waals surface area (Å²) in [5, 5.41) is 5.62. The number of benzene rings is 2. The molecule has 1 aliphatic rings. The van der Waals surface area contributed by atoms with Crippen LogP contribution in [-0.2, 0) is 16.1 Å². The lowest BCUT2D eigenvalue weighted by atomic mass is 10.0. The van der Waals surface area contributed by atoms with E-state index in [1.807, 2.05) is 24.3 Å². The summed E-state index contributed by atoms with van der Waals surface area (Å²) in [4.78, 5) is 23.7. The molecule has 1 fully saturated rings. The molecule has 6 nitrogen and oxygen atoms in total. The largest absolute Gasteiger partial charge is 0.442 e. The Labute approximate surface area is 194 Å². The van der Waals surface area contributed by atoms with Crippen molar-refractivity contribution in [3.8, 4) is 11.1 Å². The maximum atomic E-state index is 14.8. The van der Waals surface area contributed by atoms with Gasteiger partial charge in [0.25, 0.3) is 5.91 Å². The Hall–Kier alpha value is -2.42. The number of nitrogens with one attached hydrogen (secondary N) is 2. The zero-order valence-corrected chi connectivity index (χ0v) is 18.6. The lowest BCUT2D eigenvalue weighted by molar-refractivity contribution is -0.119. The number of cyclic esters (lactones) is 1. The molecule has 3 rings (SSSR count). The van der Waals surface area contributed by atoms with Gasteiger partial charge in [-0.1, -0.05) is 47.5 Å². The summed E-state index contributed by atoms with van der Waals surface area (Å²) < 4.78 is 32.2. The van der Waals surface area contributed by atoms with Crippen LogP contribution in [-0.4, -0.2) is 49.2 Å². The lowest BCUT2D eigenvalue weighted by Crippen LogP contribution is -2.37. The Morgan fingerprint density at radius 2 is 1.97 bits per heavy atom. The molecule has 1 heterocycles. The Balaban J connectivity index is 1.62. The molecule has 2 aromatic carbocycles. The highest BCUT2D eigenvalue weighted by atomic mass is 35.5. The van der Waals surface area contributed by atoms with E-state index >= 15 is 0 Å². The Kier molecular flexibility index (Phi) is 8.67. The minimum Gasteiger partial charge on any atom is -0.442 e. The number of ether oxygens (including phenoxy) is 1. The number of hydrogen-bond acceptors (Lipinski definition) is 4. The van der Waals surface area contributed by atoms with Crippen LogP contribution in [0.25, 0.3) is 11.1 Å². The van der Waals surface area contributed by atoms with Gasteiger partial charge in [-0.2, -0.15) is 0 Å². The highest BCUT2D eigenvalue weighted by Gasteiger charge is 2.33. The van der Waals surface area contributed by atoms with Crippen LogP contribution in [0.4, 0.5) is 19.3 Å². The lowest BCUT2D eigenvalue weighted by Gasteiger charge is -2.15. The third-order valence-corrected chi connectivity index (χ3v) is 5.32. The number of nitrogens with zero attached hydrogens (tertiary/aromatic N) is 1. The molecule has 10 heteroatoms. The fourth-order valence-corrected chi connectivity index (χ4v) is 3.42. The number of anilines is 1. The molecular weight excluding hydrogens is 463 g/mol. The molecule has 1 atom stereocenters.